The van der Waals surface area contributed by atoms with E-state index in [1.54, 1.807) is 4.90 Å². The van der Waals surface area contributed by atoms with Gasteiger partial charge in [0.2, 0.25) is 0 Å². The molecule has 2 heterocycles. The Bertz CT molecular complexity index is 981. The smallest absolute Gasteiger partial charge is 0.414 e. The van der Waals surface area contributed by atoms with E-state index >= 15 is 4.39 Å². The number of hydrazine groups is 1. The molecule has 0 bridgehead atoms. The van der Waals surface area contributed by atoms with E-state index < -0.39 is 36.4 Å². The molecule has 2 saturated heterocycles. The summed E-state index contributed by atoms with van der Waals surface area (Å²) in [6.45, 7) is 5.43. The second-order valence-electron chi connectivity index (χ2n) is 8.87. The Labute approximate surface area is 219 Å². The number of cyclic esters (lactones) is 1. The number of nitrogens with zero attached hydrogens (tertiary/aromatic N) is 5. The lowest BCUT2D eigenvalue weighted by molar-refractivity contribution is -0.132. The van der Waals surface area contributed by atoms with Gasteiger partial charge in [-0.15, -0.1) is 0 Å². The number of alkyl halides is 2. The van der Waals surface area contributed by atoms with Gasteiger partial charge in [0, 0.05) is 39.3 Å². The Morgan fingerprint density at radius 3 is 2.53 bits per heavy atom. The molecule has 0 aromatic heterocycles. The predicted molar refractivity (Wildman–Crippen MR) is 132 cm³/mol. The van der Waals surface area contributed by atoms with Gasteiger partial charge in [0.1, 0.15) is 11.9 Å². The summed E-state index contributed by atoms with van der Waals surface area (Å²) in [4.78, 5) is 46.2. The fourth-order valence-electron chi connectivity index (χ4n) is 4.10. The van der Waals surface area contributed by atoms with E-state index in [1.807, 2.05) is 24.3 Å². The fourth-order valence-corrected chi connectivity index (χ4v) is 4.10. The van der Waals surface area contributed by atoms with Crippen LogP contribution in [-0.2, 0) is 14.4 Å². The zero-order valence-electron chi connectivity index (χ0n) is 21.7. The lowest BCUT2D eigenvalue weighted by atomic mass is 10.2. The number of nitrogens with one attached hydrogen (secondary N) is 2. The molecule has 0 unspecified atom stereocenters. The summed E-state index contributed by atoms with van der Waals surface area (Å²) in [5, 5.41) is 4.99. The summed E-state index contributed by atoms with van der Waals surface area (Å²) in [7, 11) is 3.40. The number of hydroxylamine groups is 2. The lowest BCUT2D eigenvalue weighted by Crippen LogP contribution is -2.56. The van der Waals surface area contributed by atoms with Gasteiger partial charge in [-0.05, 0) is 32.2 Å². The molecule has 0 radical (unpaired) electrons. The highest BCUT2D eigenvalue weighted by Gasteiger charge is 2.33. The zero-order valence-corrected chi connectivity index (χ0v) is 21.7. The van der Waals surface area contributed by atoms with Crippen LogP contribution < -0.4 is 20.5 Å². The third-order valence-electron chi connectivity index (χ3n) is 6.32. The highest BCUT2D eigenvalue weighted by Crippen LogP contribution is 2.28. The molecule has 4 amide bonds. The second-order valence-corrected chi connectivity index (χ2v) is 8.87. The third kappa shape index (κ3) is 7.61. The molecular weight excluding hydrogens is 511 g/mol. The minimum absolute atomic E-state index is 0.0379. The molecular formula is C23H34F3N7O5. The third-order valence-corrected chi connectivity index (χ3v) is 6.32. The van der Waals surface area contributed by atoms with E-state index in [1.165, 1.54) is 30.4 Å². The number of ether oxygens (including phenoxy) is 1. The average molecular weight is 546 g/mol. The summed E-state index contributed by atoms with van der Waals surface area (Å²) >= 11 is 0. The number of carbonyl (C=O) groups excluding carboxylic acids is 3. The molecule has 3 rings (SSSR count). The SMILES string of the molecule is CCN(CCN(OC)C(=O)NN1CCN(C)CC1)c1ccc(N2C[C@H](CNC(=O)C(F)F)OC2=O)cc1F. The molecule has 2 N–H and O–H groups in total. The van der Waals surface area contributed by atoms with E-state index in [4.69, 9.17) is 9.57 Å². The predicted octanol–water partition coefficient (Wildman–Crippen LogP) is 1.09. The molecule has 212 valence electrons. The molecule has 1 aromatic rings. The Morgan fingerprint density at radius 2 is 1.92 bits per heavy atom. The van der Waals surface area contributed by atoms with Crippen LogP contribution in [0, 0.1) is 5.82 Å². The van der Waals surface area contributed by atoms with Crippen LogP contribution in [-0.4, -0.2) is 119 Å². The summed E-state index contributed by atoms with van der Waals surface area (Å²) < 4.78 is 44.9. The summed E-state index contributed by atoms with van der Waals surface area (Å²) in [6.07, 6.45) is -4.80. The fraction of sp³-hybridized carbons (Fsp3) is 0.609. The van der Waals surface area contributed by atoms with Gasteiger partial charge in [-0.1, -0.05) is 0 Å². The number of urea groups is 1. The van der Waals surface area contributed by atoms with Gasteiger partial charge in [0.15, 0.2) is 0 Å². The number of piperazine rings is 1. The molecule has 2 aliphatic rings. The largest absolute Gasteiger partial charge is 0.442 e. The van der Waals surface area contributed by atoms with Crippen LogP contribution in [0.1, 0.15) is 6.92 Å². The second kappa shape index (κ2) is 13.5. The van der Waals surface area contributed by atoms with Crippen LogP contribution in [0.4, 0.5) is 34.1 Å². The van der Waals surface area contributed by atoms with Gasteiger partial charge in [0.25, 0.3) is 5.91 Å². The average Bonchev–Trinajstić information content (AvgIpc) is 3.27. The number of hydrogen-bond acceptors (Lipinski definition) is 8. The van der Waals surface area contributed by atoms with Crippen molar-refractivity contribution in [3.05, 3.63) is 24.0 Å². The van der Waals surface area contributed by atoms with Gasteiger partial charge >= 0.3 is 18.5 Å². The molecule has 0 aliphatic carbocycles. The van der Waals surface area contributed by atoms with Crippen molar-refractivity contribution in [2.24, 2.45) is 0 Å². The molecule has 0 saturated carbocycles. The van der Waals surface area contributed by atoms with E-state index in [2.05, 4.69) is 10.3 Å². The number of carbonyl (C=O) groups is 3. The maximum absolute atomic E-state index is 15.1. The molecule has 2 fully saturated rings. The quantitative estimate of drug-likeness (QED) is 0.398. The molecule has 2 aliphatic heterocycles. The molecule has 12 nitrogen and oxygen atoms in total. The monoisotopic (exact) mass is 545 g/mol. The van der Waals surface area contributed by atoms with Crippen molar-refractivity contribution >= 4 is 29.4 Å². The molecule has 38 heavy (non-hydrogen) atoms. The Balaban J connectivity index is 1.57. The Kier molecular flexibility index (Phi) is 10.4. The summed E-state index contributed by atoms with van der Waals surface area (Å²) in [6, 6.07) is 3.80. The highest BCUT2D eigenvalue weighted by molar-refractivity contribution is 5.90. The van der Waals surface area contributed by atoms with Gasteiger partial charge < -0.3 is 19.9 Å². The minimum Gasteiger partial charge on any atom is -0.442 e. The van der Waals surface area contributed by atoms with E-state index in [9.17, 15) is 23.2 Å². The number of halogens is 3. The normalized spacial score (nSPS) is 18.4. The summed E-state index contributed by atoms with van der Waals surface area (Å²) in [5.41, 5.74) is 3.30. The van der Waals surface area contributed by atoms with Gasteiger partial charge in [0.05, 0.1) is 38.1 Å². The first-order chi connectivity index (χ1) is 18.1. The van der Waals surface area contributed by atoms with Crippen molar-refractivity contribution in [2.45, 2.75) is 19.5 Å². The van der Waals surface area contributed by atoms with E-state index in [0.29, 0.717) is 19.6 Å². The van der Waals surface area contributed by atoms with Crippen LogP contribution in [0.2, 0.25) is 0 Å². The maximum atomic E-state index is 15.1. The minimum atomic E-state index is -3.17. The lowest BCUT2D eigenvalue weighted by Gasteiger charge is -2.34. The van der Waals surface area contributed by atoms with Crippen LogP contribution in [0.15, 0.2) is 18.2 Å². The highest BCUT2D eigenvalue weighted by atomic mass is 19.3. The zero-order chi connectivity index (χ0) is 27.8. The molecule has 1 aromatic carbocycles. The maximum Gasteiger partial charge on any atom is 0.414 e. The van der Waals surface area contributed by atoms with Crippen LogP contribution >= 0.6 is 0 Å². The van der Waals surface area contributed by atoms with Crippen molar-refractivity contribution in [3.8, 4) is 0 Å². The number of benzene rings is 1. The van der Waals surface area contributed by atoms with Crippen LogP contribution in [0.5, 0.6) is 0 Å². The molecule has 15 heteroatoms. The van der Waals surface area contributed by atoms with Crippen molar-refractivity contribution in [2.75, 3.05) is 82.9 Å². The number of anilines is 2. The van der Waals surface area contributed by atoms with Gasteiger partial charge in [-0.25, -0.2) is 24.1 Å². The number of rotatable bonds is 11. The van der Waals surface area contributed by atoms with Crippen molar-refractivity contribution < 1.29 is 37.1 Å². The standard InChI is InChI=1S/C23H34F3N7O5/c1-4-30(9-12-33(37-3)22(35)28-31-10-7-29(2)8-11-31)19-6-5-16(13-18(19)24)32-15-17(38-23(32)36)14-27-21(34)20(25)26/h5-6,13,17,20H,4,7-12,14-15H2,1-3H3,(H,27,34)(H,28,35)/t17-/m0/s1. The topological polar surface area (TPSA) is 110 Å². The number of hydrogen-bond donors (Lipinski definition) is 2. The van der Waals surface area contributed by atoms with Gasteiger partial charge in [-0.3, -0.25) is 20.0 Å². The van der Waals surface area contributed by atoms with Crippen molar-refractivity contribution in [1.29, 1.82) is 0 Å². The first-order valence-electron chi connectivity index (χ1n) is 12.3. The van der Waals surface area contributed by atoms with Crippen LogP contribution in [0.3, 0.4) is 0 Å². The Morgan fingerprint density at radius 1 is 1.21 bits per heavy atom. The molecule has 0 spiro atoms. The molecule has 1 atom stereocenters. The van der Waals surface area contributed by atoms with Gasteiger partial charge in [-0.2, -0.15) is 8.78 Å². The number of likely N-dealkylation sites (N-methyl/N-ethyl adjacent to an activating group) is 2. The van der Waals surface area contributed by atoms with Crippen molar-refractivity contribution in [1.82, 2.24) is 25.7 Å². The first kappa shape index (κ1) is 29.3. The van der Waals surface area contributed by atoms with E-state index in [0.717, 1.165) is 18.0 Å². The van der Waals surface area contributed by atoms with E-state index in [-0.39, 0.29) is 37.6 Å². The van der Waals surface area contributed by atoms with Crippen LogP contribution in [0.25, 0.3) is 0 Å². The van der Waals surface area contributed by atoms with Crippen molar-refractivity contribution in [3.63, 3.8) is 0 Å². The summed E-state index contributed by atoms with van der Waals surface area (Å²) in [5.74, 6) is -2.06. The Hall–Kier alpha value is -3.30. The first-order valence-corrected chi connectivity index (χ1v) is 12.3. The number of amides is 4.